The van der Waals surface area contributed by atoms with Gasteiger partial charge in [-0.25, -0.2) is 0 Å². The van der Waals surface area contributed by atoms with Gasteiger partial charge in [0, 0.05) is 5.56 Å². The van der Waals surface area contributed by atoms with E-state index < -0.39 is 0 Å². The Morgan fingerprint density at radius 1 is 1.27 bits per heavy atom. The Balaban J connectivity index is 2.83. The van der Waals surface area contributed by atoms with Crippen molar-refractivity contribution in [1.29, 1.82) is 0 Å². The zero-order valence-electron chi connectivity index (χ0n) is 9.95. The average Bonchev–Trinajstić information content (AvgIpc) is 2.27. The van der Waals surface area contributed by atoms with E-state index in [1.54, 1.807) is 0 Å². The van der Waals surface area contributed by atoms with E-state index in [-0.39, 0.29) is 11.8 Å². The number of carbonyl (C=O) groups excluding carboxylic acids is 1. The number of nitrogens with zero attached hydrogens (tertiary/aromatic N) is 1. The Morgan fingerprint density at radius 3 is 2.20 bits per heavy atom. The van der Waals surface area contributed by atoms with Crippen molar-refractivity contribution in [2.45, 2.75) is 26.3 Å². The first kappa shape index (κ1) is 11.9. The van der Waals surface area contributed by atoms with Gasteiger partial charge in [0.15, 0.2) is 5.78 Å². The minimum atomic E-state index is -0.0579. The van der Waals surface area contributed by atoms with Crippen LogP contribution in [-0.4, -0.2) is 30.8 Å². The Labute approximate surface area is 91.9 Å². The molecular formula is C13H19NO. The van der Waals surface area contributed by atoms with Crippen LogP contribution in [0.15, 0.2) is 24.3 Å². The predicted octanol–water partition coefficient (Wildman–Crippen LogP) is 2.38. The highest BCUT2D eigenvalue weighted by atomic mass is 16.1. The lowest BCUT2D eigenvalue weighted by molar-refractivity contribution is 0.0890. The molecule has 82 valence electrons. The summed E-state index contributed by atoms with van der Waals surface area (Å²) in [5.74, 6) is 0.183. The van der Waals surface area contributed by atoms with Gasteiger partial charge in [-0.05, 0) is 33.0 Å². The summed E-state index contributed by atoms with van der Waals surface area (Å²) in [5.41, 5.74) is 2.07. The summed E-state index contributed by atoms with van der Waals surface area (Å²) < 4.78 is 0. The Hall–Kier alpha value is -1.15. The minimum Gasteiger partial charge on any atom is -0.300 e. The third-order valence-electron chi connectivity index (χ3n) is 2.80. The van der Waals surface area contributed by atoms with Crippen LogP contribution in [0, 0.1) is 0 Å². The van der Waals surface area contributed by atoms with E-state index in [9.17, 15) is 4.79 Å². The van der Waals surface area contributed by atoms with E-state index in [2.05, 4.69) is 6.92 Å². The number of hydrogen-bond acceptors (Lipinski definition) is 2. The molecule has 0 fully saturated rings. The zero-order chi connectivity index (χ0) is 11.4. The number of benzene rings is 1. The summed E-state index contributed by atoms with van der Waals surface area (Å²) >= 11 is 0. The second kappa shape index (κ2) is 5.08. The molecule has 1 aromatic rings. The molecular weight excluding hydrogens is 186 g/mol. The molecule has 0 radical (unpaired) electrons. The highest BCUT2D eigenvalue weighted by molar-refractivity contribution is 5.99. The molecule has 0 saturated carbocycles. The van der Waals surface area contributed by atoms with Crippen molar-refractivity contribution in [3.8, 4) is 0 Å². The Morgan fingerprint density at radius 2 is 1.80 bits per heavy atom. The molecule has 0 amide bonds. The summed E-state index contributed by atoms with van der Waals surface area (Å²) in [7, 11) is 3.84. The molecule has 0 aliphatic carbocycles. The Kier molecular flexibility index (Phi) is 4.04. The van der Waals surface area contributed by atoms with Crippen molar-refractivity contribution < 1.29 is 4.79 Å². The van der Waals surface area contributed by atoms with Crippen molar-refractivity contribution in [3.63, 3.8) is 0 Å². The van der Waals surface area contributed by atoms with Crippen LogP contribution >= 0.6 is 0 Å². The maximum atomic E-state index is 11.9. The molecule has 15 heavy (non-hydrogen) atoms. The van der Waals surface area contributed by atoms with Gasteiger partial charge in [0.1, 0.15) is 0 Å². The maximum Gasteiger partial charge on any atom is 0.179 e. The summed E-state index contributed by atoms with van der Waals surface area (Å²) in [6.45, 7) is 4.04. The summed E-state index contributed by atoms with van der Waals surface area (Å²) in [5, 5.41) is 0. The van der Waals surface area contributed by atoms with Gasteiger partial charge in [-0.2, -0.15) is 0 Å². The average molecular weight is 205 g/mol. The van der Waals surface area contributed by atoms with Crippen LogP contribution < -0.4 is 0 Å². The predicted molar refractivity (Wildman–Crippen MR) is 63.3 cm³/mol. The maximum absolute atomic E-state index is 11.9. The van der Waals surface area contributed by atoms with Crippen LogP contribution in [0.1, 0.15) is 29.8 Å². The molecule has 2 nitrogen and oxygen atoms in total. The van der Waals surface area contributed by atoms with Crippen molar-refractivity contribution >= 4 is 5.78 Å². The number of hydrogen-bond donors (Lipinski definition) is 0. The number of Topliss-reactive ketones (excluding diaryl/α,β-unsaturated/α-hetero) is 1. The normalized spacial score (nSPS) is 12.9. The van der Waals surface area contributed by atoms with E-state index in [4.69, 9.17) is 0 Å². The van der Waals surface area contributed by atoms with Gasteiger partial charge in [0.05, 0.1) is 6.04 Å². The minimum absolute atomic E-state index is 0.0579. The van der Waals surface area contributed by atoms with Crippen molar-refractivity contribution in [1.82, 2.24) is 4.90 Å². The lowest BCUT2D eigenvalue weighted by Crippen LogP contribution is -2.32. The topological polar surface area (TPSA) is 20.3 Å². The number of carbonyl (C=O) groups is 1. The van der Waals surface area contributed by atoms with Crippen LogP contribution in [-0.2, 0) is 6.42 Å². The van der Waals surface area contributed by atoms with Crippen molar-refractivity contribution in [2.75, 3.05) is 14.1 Å². The molecule has 0 aliphatic rings. The number of aryl methyl sites for hydroxylation is 1. The molecule has 2 heteroatoms. The quantitative estimate of drug-likeness (QED) is 0.703. The van der Waals surface area contributed by atoms with Gasteiger partial charge in [-0.15, -0.1) is 0 Å². The summed E-state index contributed by atoms with van der Waals surface area (Å²) in [6, 6.07) is 7.82. The third-order valence-corrected chi connectivity index (χ3v) is 2.80. The van der Waals surface area contributed by atoms with Crippen LogP contribution in [0.2, 0.25) is 0 Å². The van der Waals surface area contributed by atoms with Gasteiger partial charge in [0.25, 0.3) is 0 Å². The second-order valence-corrected chi connectivity index (χ2v) is 4.05. The van der Waals surface area contributed by atoms with Crippen molar-refractivity contribution in [2.24, 2.45) is 0 Å². The lowest BCUT2D eigenvalue weighted by Gasteiger charge is -2.18. The first-order chi connectivity index (χ1) is 7.06. The smallest absolute Gasteiger partial charge is 0.179 e. The van der Waals surface area contributed by atoms with E-state index in [0.717, 1.165) is 12.0 Å². The first-order valence-electron chi connectivity index (χ1n) is 5.35. The monoisotopic (exact) mass is 205 g/mol. The fraction of sp³-hybridized carbons (Fsp3) is 0.462. The van der Waals surface area contributed by atoms with Crippen LogP contribution in [0.3, 0.4) is 0 Å². The van der Waals surface area contributed by atoms with E-state index >= 15 is 0 Å². The second-order valence-electron chi connectivity index (χ2n) is 4.05. The highest BCUT2D eigenvalue weighted by Crippen LogP contribution is 2.09. The van der Waals surface area contributed by atoms with E-state index in [1.165, 1.54) is 5.56 Å². The molecule has 0 aliphatic heterocycles. The van der Waals surface area contributed by atoms with Gasteiger partial charge in [0.2, 0.25) is 0 Å². The molecule has 1 aromatic carbocycles. The highest BCUT2D eigenvalue weighted by Gasteiger charge is 2.16. The molecule has 0 N–H and O–H groups in total. The molecule has 0 unspecified atom stereocenters. The molecule has 1 rings (SSSR count). The molecule has 0 spiro atoms. The van der Waals surface area contributed by atoms with Gasteiger partial charge in [-0.3, -0.25) is 9.69 Å². The van der Waals surface area contributed by atoms with Gasteiger partial charge in [-0.1, -0.05) is 31.2 Å². The standard InChI is InChI=1S/C13H19NO/c1-5-11-6-8-12(9-7-11)13(15)10(2)14(3)4/h6-10H,5H2,1-4H3/t10-/m1/s1. The van der Waals surface area contributed by atoms with Gasteiger partial charge < -0.3 is 0 Å². The molecule has 1 atom stereocenters. The molecule has 0 saturated heterocycles. The SMILES string of the molecule is CCc1ccc(C(=O)[C@@H](C)N(C)C)cc1. The zero-order valence-corrected chi connectivity index (χ0v) is 9.95. The summed E-state index contributed by atoms with van der Waals surface area (Å²) in [4.78, 5) is 13.9. The first-order valence-corrected chi connectivity index (χ1v) is 5.35. The summed E-state index contributed by atoms with van der Waals surface area (Å²) in [6.07, 6.45) is 1.01. The fourth-order valence-electron chi connectivity index (χ4n) is 1.38. The molecule has 0 aromatic heterocycles. The Bertz CT molecular complexity index is 327. The van der Waals surface area contributed by atoms with Crippen molar-refractivity contribution in [3.05, 3.63) is 35.4 Å². The van der Waals surface area contributed by atoms with E-state index in [0.29, 0.717) is 0 Å². The number of rotatable bonds is 4. The van der Waals surface area contributed by atoms with Crippen LogP contribution in [0.4, 0.5) is 0 Å². The van der Waals surface area contributed by atoms with Gasteiger partial charge >= 0.3 is 0 Å². The number of ketones is 1. The molecule has 0 bridgehead atoms. The van der Waals surface area contributed by atoms with Crippen LogP contribution in [0.5, 0.6) is 0 Å². The van der Waals surface area contributed by atoms with Crippen LogP contribution in [0.25, 0.3) is 0 Å². The lowest BCUT2D eigenvalue weighted by atomic mass is 10.0. The number of likely N-dealkylation sites (N-methyl/N-ethyl adjacent to an activating group) is 1. The van der Waals surface area contributed by atoms with E-state index in [1.807, 2.05) is 50.2 Å². The fourth-order valence-corrected chi connectivity index (χ4v) is 1.38. The molecule has 0 heterocycles. The largest absolute Gasteiger partial charge is 0.300 e. The third kappa shape index (κ3) is 2.90.